The molecule has 2 atom stereocenters. The van der Waals surface area contributed by atoms with Crippen LogP contribution in [-0.4, -0.2) is 4.57 Å². The van der Waals surface area contributed by atoms with E-state index in [1.165, 1.54) is 22.3 Å². The molecule has 1 aromatic heterocycles. The van der Waals surface area contributed by atoms with Crippen molar-refractivity contribution in [1.29, 1.82) is 0 Å². The lowest BCUT2D eigenvalue weighted by atomic mass is 9.74. The van der Waals surface area contributed by atoms with Crippen molar-refractivity contribution in [2.24, 2.45) is 5.92 Å². The molecule has 0 radical (unpaired) electrons. The number of allylic oxidation sites excluding steroid dienone is 4. The molecule has 0 N–H and O–H groups in total. The second-order valence-electron chi connectivity index (χ2n) is 14.2. The highest BCUT2D eigenvalue weighted by Crippen LogP contribution is 2.57. The number of aromatic nitrogens is 1. The fourth-order valence-electron chi connectivity index (χ4n) is 9.01. The molecule has 2 unspecified atom stereocenters. The largest absolute Gasteiger partial charge is 0.453 e. The summed E-state index contributed by atoms with van der Waals surface area (Å²) in [7, 11) is 0. The molecule has 4 heteroatoms. The molecule has 0 amide bonds. The zero-order valence-corrected chi connectivity index (χ0v) is 27.2. The molecule has 0 spiro atoms. The Kier molecular flexibility index (Phi) is 5.26. The van der Waals surface area contributed by atoms with Gasteiger partial charge in [0.25, 0.3) is 0 Å². The maximum absolute atomic E-state index is 6.80. The lowest BCUT2D eigenvalue weighted by Gasteiger charge is -2.32. The van der Waals surface area contributed by atoms with Crippen LogP contribution in [0.5, 0.6) is 23.0 Å². The van der Waals surface area contributed by atoms with Crippen molar-refractivity contribution in [3.63, 3.8) is 0 Å². The van der Waals surface area contributed by atoms with Crippen LogP contribution in [-0.2, 0) is 5.41 Å². The lowest BCUT2D eigenvalue weighted by Crippen LogP contribution is -2.24. The Balaban J connectivity index is 1.20. The minimum Gasteiger partial charge on any atom is -0.453 e. The van der Waals surface area contributed by atoms with E-state index in [4.69, 9.17) is 9.47 Å². The van der Waals surface area contributed by atoms with Gasteiger partial charge >= 0.3 is 0 Å². The van der Waals surface area contributed by atoms with E-state index >= 15 is 0 Å². The maximum atomic E-state index is 6.80. The SMILES string of the molecule is CC1(C)c2cc(N(c3cc4c5c(c3)c3cccc6c3n5-c3c(cccc3O4)O6)c3ccccc3-c3ccccc3)ccc2C2C=CC=CC21. The normalized spacial score (nSPS) is 18.3. The quantitative estimate of drug-likeness (QED) is 0.193. The van der Waals surface area contributed by atoms with Gasteiger partial charge in [-0.2, -0.15) is 0 Å². The Bertz CT molecular complexity index is 2610. The number of para-hydroxylation sites is 3. The van der Waals surface area contributed by atoms with Crippen LogP contribution in [0.3, 0.4) is 0 Å². The van der Waals surface area contributed by atoms with Gasteiger partial charge in [-0.05, 0) is 70.5 Å². The fraction of sp³-hybridized carbons (Fsp3) is 0.111. The third kappa shape index (κ3) is 3.58. The monoisotopic (exact) mass is 632 g/mol. The topological polar surface area (TPSA) is 26.6 Å². The summed E-state index contributed by atoms with van der Waals surface area (Å²) in [5.41, 5.74) is 11.6. The van der Waals surface area contributed by atoms with Crippen molar-refractivity contribution in [2.45, 2.75) is 25.2 Å². The van der Waals surface area contributed by atoms with Gasteiger partial charge in [0, 0.05) is 34.0 Å². The molecule has 0 fully saturated rings. The van der Waals surface area contributed by atoms with Crippen LogP contribution in [0.4, 0.5) is 17.1 Å². The fourth-order valence-corrected chi connectivity index (χ4v) is 9.01. The van der Waals surface area contributed by atoms with E-state index in [9.17, 15) is 0 Å². The highest BCUT2D eigenvalue weighted by molar-refractivity contribution is 6.16. The second-order valence-corrected chi connectivity index (χ2v) is 14.2. The maximum Gasteiger partial charge on any atom is 0.155 e. The molecule has 11 rings (SSSR count). The molecule has 2 aliphatic heterocycles. The average molecular weight is 633 g/mol. The Morgan fingerprint density at radius 3 is 2.22 bits per heavy atom. The van der Waals surface area contributed by atoms with Gasteiger partial charge in [-0.25, -0.2) is 0 Å². The minimum atomic E-state index is -0.0125. The molecule has 49 heavy (non-hydrogen) atoms. The highest BCUT2D eigenvalue weighted by atomic mass is 16.5. The molecule has 0 saturated heterocycles. The Hall–Kier alpha value is -6.00. The Labute approximate surface area is 284 Å². The Morgan fingerprint density at radius 2 is 1.35 bits per heavy atom. The number of hydrogen-bond acceptors (Lipinski definition) is 3. The third-order valence-corrected chi connectivity index (χ3v) is 11.2. The molecule has 4 aliphatic rings. The molecule has 0 saturated carbocycles. The first-order valence-electron chi connectivity index (χ1n) is 17.1. The summed E-state index contributed by atoms with van der Waals surface area (Å²) >= 11 is 0. The molecule has 0 bridgehead atoms. The summed E-state index contributed by atoms with van der Waals surface area (Å²) in [5.74, 6) is 4.15. The van der Waals surface area contributed by atoms with E-state index < -0.39 is 0 Å². The number of rotatable bonds is 4. The van der Waals surface area contributed by atoms with Gasteiger partial charge in [-0.3, -0.25) is 4.57 Å². The number of benzene rings is 6. The van der Waals surface area contributed by atoms with Crippen LogP contribution >= 0.6 is 0 Å². The van der Waals surface area contributed by atoms with Gasteiger partial charge in [0.05, 0.1) is 22.4 Å². The highest BCUT2D eigenvalue weighted by Gasteiger charge is 2.45. The predicted octanol–water partition coefficient (Wildman–Crippen LogP) is 12.2. The molecular weight excluding hydrogens is 601 g/mol. The molecule has 3 heterocycles. The number of ether oxygens (including phenoxy) is 2. The minimum absolute atomic E-state index is 0.0125. The lowest BCUT2D eigenvalue weighted by molar-refractivity contribution is 0.394. The van der Waals surface area contributed by atoms with Crippen molar-refractivity contribution in [2.75, 3.05) is 4.90 Å². The van der Waals surface area contributed by atoms with Crippen molar-refractivity contribution in [1.82, 2.24) is 4.57 Å². The third-order valence-electron chi connectivity index (χ3n) is 11.2. The average Bonchev–Trinajstić information content (AvgIpc) is 3.59. The van der Waals surface area contributed by atoms with Gasteiger partial charge in [-0.15, -0.1) is 0 Å². The van der Waals surface area contributed by atoms with Crippen molar-refractivity contribution >= 4 is 38.9 Å². The van der Waals surface area contributed by atoms with Crippen LogP contribution in [0.2, 0.25) is 0 Å². The van der Waals surface area contributed by atoms with E-state index in [-0.39, 0.29) is 5.41 Å². The van der Waals surface area contributed by atoms with Crippen molar-refractivity contribution < 1.29 is 9.47 Å². The first kappa shape index (κ1) is 27.0. The van der Waals surface area contributed by atoms with Gasteiger partial charge < -0.3 is 14.4 Å². The van der Waals surface area contributed by atoms with Gasteiger partial charge in [0.15, 0.2) is 23.0 Å². The van der Waals surface area contributed by atoms with Crippen molar-refractivity contribution in [3.8, 4) is 39.8 Å². The van der Waals surface area contributed by atoms with Crippen LogP contribution in [0.15, 0.2) is 146 Å². The first-order chi connectivity index (χ1) is 24.1. The number of fused-ring (bicyclic) bond motifs is 4. The Morgan fingerprint density at radius 1 is 0.612 bits per heavy atom. The molecule has 4 nitrogen and oxygen atoms in total. The zero-order valence-electron chi connectivity index (χ0n) is 27.2. The van der Waals surface area contributed by atoms with Crippen LogP contribution in [0.1, 0.15) is 30.9 Å². The smallest absolute Gasteiger partial charge is 0.155 e. The van der Waals surface area contributed by atoms with E-state index in [1.54, 1.807) is 0 Å². The molecule has 2 aliphatic carbocycles. The summed E-state index contributed by atoms with van der Waals surface area (Å²) in [6.45, 7) is 4.80. The first-order valence-corrected chi connectivity index (χ1v) is 17.1. The van der Waals surface area contributed by atoms with Crippen LogP contribution in [0, 0.1) is 5.92 Å². The second kappa shape index (κ2) is 9.55. The summed E-state index contributed by atoms with van der Waals surface area (Å²) in [4.78, 5) is 2.43. The summed E-state index contributed by atoms with van der Waals surface area (Å²) in [5, 5.41) is 2.29. The summed E-state index contributed by atoms with van der Waals surface area (Å²) in [6, 6.07) is 43.6. The van der Waals surface area contributed by atoms with Gasteiger partial charge in [-0.1, -0.05) is 111 Å². The predicted molar refractivity (Wildman–Crippen MR) is 199 cm³/mol. The van der Waals surface area contributed by atoms with E-state index in [0.717, 1.165) is 67.6 Å². The van der Waals surface area contributed by atoms with Gasteiger partial charge in [0.2, 0.25) is 0 Å². The van der Waals surface area contributed by atoms with E-state index in [0.29, 0.717) is 11.8 Å². The molecule has 234 valence electrons. The number of nitrogens with zero attached hydrogens (tertiary/aromatic N) is 2. The standard InChI is InChI=1S/C45H32N2O2/c1-45(2)35-17-8-6-15-31(35)32-23-22-28(25-36(32)45)46(37-18-9-7-14-30(37)27-12-4-3-5-13-27)29-24-34-33-16-10-19-38-42(33)47-43(34)41(26-29)49-40-21-11-20-39(48-38)44(40)47/h3-26,31,35H,1-2H3. The van der Waals surface area contributed by atoms with Gasteiger partial charge in [0.1, 0.15) is 5.69 Å². The molecule has 6 aromatic carbocycles. The molecule has 7 aromatic rings. The van der Waals surface area contributed by atoms with Crippen LogP contribution in [0.25, 0.3) is 38.6 Å². The molecular formula is C45H32N2O2. The number of anilines is 3. The number of hydrogen-bond donors (Lipinski definition) is 0. The van der Waals surface area contributed by atoms with E-state index in [2.05, 4.69) is 151 Å². The zero-order chi connectivity index (χ0) is 32.4. The summed E-state index contributed by atoms with van der Waals surface area (Å²) in [6.07, 6.45) is 9.19. The van der Waals surface area contributed by atoms with E-state index in [1.807, 2.05) is 18.2 Å². The van der Waals surface area contributed by atoms with Crippen LogP contribution < -0.4 is 14.4 Å². The van der Waals surface area contributed by atoms with Crippen molar-refractivity contribution in [3.05, 3.63) is 157 Å². The summed E-state index contributed by atoms with van der Waals surface area (Å²) < 4.78 is 15.6.